The maximum absolute atomic E-state index is 5.95. The first-order valence-corrected chi connectivity index (χ1v) is 7.09. The van der Waals surface area contributed by atoms with Crippen molar-refractivity contribution in [1.82, 2.24) is 5.32 Å². The van der Waals surface area contributed by atoms with Crippen molar-refractivity contribution in [3.8, 4) is 5.75 Å². The zero-order chi connectivity index (χ0) is 12.8. The molecule has 1 N–H and O–H groups in total. The lowest BCUT2D eigenvalue weighted by atomic mass is 10.2. The molecule has 0 saturated heterocycles. The van der Waals surface area contributed by atoms with Crippen LogP contribution in [-0.2, 0) is 0 Å². The molecule has 0 bridgehead atoms. The number of ether oxygens (including phenoxy) is 1. The van der Waals surface area contributed by atoms with E-state index in [1.165, 1.54) is 4.88 Å². The Morgan fingerprint density at radius 2 is 2.00 bits per heavy atom. The standard InChI is InChI=1S/C14H16ClNOS/c1-16-12(13-7-8-14(15)18-13)9-10-17-11-5-3-2-4-6-11/h2-8,12,16H,9-10H2,1H3. The minimum atomic E-state index is 0.297. The van der Waals surface area contributed by atoms with E-state index in [1.807, 2.05) is 43.4 Å². The molecular weight excluding hydrogens is 266 g/mol. The summed E-state index contributed by atoms with van der Waals surface area (Å²) in [6, 6.07) is 14.2. The van der Waals surface area contributed by atoms with Crippen LogP contribution in [0.4, 0.5) is 0 Å². The van der Waals surface area contributed by atoms with E-state index >= 15 is 0 Å². The third kappa shape index (κ3) is 3.73. The zero-order valence-electron chi connectivity index (χ0n) is 10.2. The van der Waals surface area contributed by atoms with Crippen molar-refractivity contribution >= 4 is 22.9 Å². The summed E-state index contributed by atoms with van der Waals surface area (Å²) in [6.45, 7) is 0.686. The monoisotopic (exact) mass is 281 g/mol. The Morgan fingerprint density at radius 3 is 2.61 bits per heavy atom. The molecule has 0 radical (unpaired) electrons. The number of rotatable bonds is 6. The normalized spacial score (nSPS) is 12.3. The lowest BCUT2D eigenvalue weighted by molar-refractivity contribution is 0.291. The Balaban J connectivity index is 1.85. The van der Waals surface area contributed by atoms with Gasteiger partial charge in [0.25, 0.3) is 0 Å². The first kappa shape index (κ1) is 13.4. The number of halogens is 1. The van der Waals surface area contributed by atoms with E-state index in [4.69, 9.17) is 16.3 Å². The number of benzene rings is 1. The van der Waals surface area contributed by atoms with Gasteiger partial charge in [0.15, 0.2) is 0 Å². The van der Waals surface area contributed by atoms with Gasteiger partial charge in [0.1, 0.15) is 5.75 Å². The maximum atomic E-state index is 5.95. The molecule has 0 spiro atoms. The van der Waals surface area contributed by atoms with Crippen LogP contribution in [0.15, 0.2) is 42.5 Å². The summed E-state index contributed by atoms with van der Waals surface area (Å²) in [5.41, 5.74) is 0. The molecule has 0 fully saturated rings. The molecule has 1 unspecified atom stereocenters. The van der Waals surface area contributed by atoms with Crippen molar-refractivity contribution in [3.05, 3.63) is 51.7 Å². The van der Waals surface area contributed by atoms with Gasteiger partial charge in [0, 0.05) is 17.3 Å². The maximum Gasteiger partial charge on any atom is 0.119 e. The van der Waals surface area contributed by atoms with Crippen molar-refractivity contribution in [2.24, 2.45) is 0 Å². The van der Waals surface area contributed by atoms with E-state index in [-0.39, 0.29) is 0 Å². The van der Waals surface area contributed by atoms with Gasteiger partial charge in [-0.1, -0.05) is 29.8 Å². The Hall–Kier alpha value is -1.03. The number of nitrogens with one attached hydrogen (secondary N) is 1. The molecule has 0 aliphatic carbocycles. The van der Waals surface area contributed by atoms with Gasteiger partial charge in [0.05, 0.1) is 10.9 Å². The third-order valence-corrected chi connectivity index (χ3v) is 4.05. The highest BCUT2D eigenvalue weighted by molar-refractivity contribution is 7.16. The van der Waals surface area contributed by atoms with Crippen LogP contribution in [0.1, 0.15) is 17.3 Å². The smallest absolute Gasteiger partial charge is 0.119 e. The highest BCUT2D eigenvalue weighted by Crippen LogP contribution is 2.28. The van der Waals surface area contributed by atoms with Crippen molar-refractivity contribution in [2.45, 2.75) is 12.5 Å². The average molecular weight is 282 g/mol. The van der Waals surface area contributed by atoms with Crippen molar-refractivity contribution in [2.75, 3.05) is 13.7 Å². The number of thiophene rings is 1. The number of para-hydroxylation sites is 1. The second-order valence-corrected chi connectivity index (χ2v) is 5.68. The van der Waals surface area contributed by atoms with E-state index in [0.717, 1.165) is 16.5 Å². The predicted octanol–water partition coefficient (Wildman–Crippen LogP) is 4.13. The Labute approximate surface area is 117 Å². The van der Waals surface area contributed by atoms with Crippen LogP contribution in [0, 0.1) is 0 Å². The summed E-state index contributed by atoms with van der Waals surface area (Å²) >= 11 is 7.56. The van der Waals surface area contributed by atoms with Crippen LogP contribution < -0.4 is 10.1 Å². The summed E-state index contributed by atoms with van der Waals surface area (Å²) in [6.07, 6.45) is 0.919. The Kier molecular flexibility index (Phi) is 5.05. The molecule has 1 aromatic heterocycles. The van der Waals surface area contributed by atoms with Crippen LogP contribution >= 0.6 is 22.9 Å². The van der Waals surface area contributed by atoms with E-state index in [1.54, 1.807) is 11.3 Å². The average Bonchev–Trinajstić information content (AvgIpc) is 2.82. The molecule has 0 saturated carbocycles. The fourth-order valence-corrected chi connectivity index (χ4v) is 2.96. The van der Waals surface area contributed by atoms with Gasteiger partial charge >= 0.3 is 0 Å². The minimum Gasteiger partial charge on any atom is -0.494 e. The first-order chi connectivity index (χ1) is 8.79. The molecule has 0 aliphatic heterocycles. The summed E-state index contributed by atoms with van der Waals surface area (Å²) in [5.74, 6) is 0.913. The summed E-state index contributed by atoms with van der Waals surface area (Å²) < 4.78 is 6.53. The third-order valence-electron chi connectivity index (χ3n) is 2.70. The topological polar surface area (TPSA) is 21.3 Å². The highest BCUT2D eigenvalue weighted by Gasteiger charge is 2.11. The van der Waals surface area contributed by atoms with Gasteiger partial charge in [-0.05, 0) is 31.3 Å². The molecule has 0 aliphatic rings. The van der Waals surface area contributed by atoms with Crippen molar-refractivity contribution < 1.29 is 4.74 Å². The lowest BCUT2D eigenvalue weighted by Gasteiger charge is -2.14. The summed E-state index contributed by atoms with van der Waals surface area (Å²) in [4.78, 5) is 1.25. The van der Waals surface area contributed by atoms with Crippen LogP contribution in [-0.4, -0.2) is 13.7 Å². The van der Waals surface area contributed by atoms with Crippen LogP contribution in [0.5, 0.6) is 5.75 Å². The van der Waals surface area contributed by atoms with E-state index < -0.39 is 0 Å². The van der Waals surface area contributed by atoms with E-state index in [0.29, 0.717) is 12.6 Å². The molecule has 1 heterocycles. The first-order valence-electron chi connectivity index (χ1n) is 5.90. The summed E-state index contributed by atoms with van der Waals surface area (Å²) in [5, 5.41) is 3.29. The molecule has 96 valence electrons. The van der Waals surface area contributed by atoms with Crippen LogP contribution in [0.2, 0.25) is 4.34 Å². The van der Waals surface area contributed by atoms with Gasteiger partial charge in [-0.3, -0.25) is 0 Å². The van der Waals surface area contributed by atoms with Gasteiger partial charge < -0.3 is 10.1 Å². The van der Waals surface area contributed by atoms with Crippen LogP contribution in [0.25, 0.3) is 0 Å². The Morgan fingerprint density at radius 1 is 1.22 bits per heavy atom. The molecule has 2 rings (SSSR count). The van der Waals surface area contributed by atoms with E-state index in [2.05, 4.69) is 11.4 Å². The van der Waals surface area contributed by atoms with Gasteiger partial charge in [0.2, 0.25) is 0 Å². The largest absolute Gasteiger partial charge is 0.494 e. The highest BCUT2D eigenvalue weighted by atomic mass is 35.5. The number of hydrogen-bond acceptors (Lipinski definition) is 3. The SMILES string of the molecule is CNC(CCOc1ccccc1)c1ccc(Cl)s1. The molecular formula is C14H16ClNOS. The van der Waals surface area contributed by atoms with Gasteiger partial charge in [-0.15, -0.1) is 11.3 Å². The van der Waals surface area contributed by atoms with Gasteiger partial charge in [-0.2, -0.15) is 0 Å². The molecule has 0 amide bonds. The second-order valence-electron chi connectivity index (χ2n) is 3.93. The molecule has 1 atom stereocenters. The van der Waals surface area contributed by atoms with Crippen molar-refractivity contribution in [3.63, 3.8) is 0 Å². The zero-order valence-corrected chi connectivity index (χ0v) is 11.8. The number of hydrogen-bond donors (Lipinski definition) is 1. The molecule has 18 heavy (non-hydrogen) atoms. The molecule has 2 nitrogen and oxygen atoms in total. The predicted molar refractivity (Wildman–Crippen MR) is 77.7 cm³/mol. The lowest BCUT2D eigenvalue weighted by Crippen LogP contribution is -2.18. The van der Waals surface area contributed by atoms with Crippen LogP contribution in [0.3, 0.4) is 0 Å². The fourth-order valence-electron chi connectivity index (χ4n) is 1.76. The van der Waals surface area contributed by atoms with E-state index in [9.17, 15) is 0 Å². The van der Waals surface area contributed by atoms with Gasteiger partial charge in [-0.25, -0.2) is 0 Å². The minimum absolute atomic E-state index is 0.297. The molecule has 1 aromatic carbocycles. The Bertz CT molecular complexity index is 472. The molecule has 4 heteroatoms. The quantitative estimate of drug-likeness (QED) is 0.859. The van der Waals surface area contributed by atoms with Crippen molar-refractivity contribution in [1.29, 1.82) is 0 Å². The fraction of sp³-hybridized carbons (Fsp3) is 0.286. The molecule has 2 aromatic rings. The summed E-state index contributed by atoms with van der Waals surface area (Å²) in [7, 11) is 1.96. The second kappa shape index (κ2) is 6.78.